The van der Waals surface area contributed by atoms with Crippen LogP contribution in [0.2, 0.25) is 0 Å². The van der Waals surface area contributed by atoms with Crippen LogP contribution in [-0.4, -0.2) is 56.7 Å². The molecule has 0 radical (unpaired) electrons. The number of carbonyl (C=O) groups is 1. The summed E-state index contributed by atoms with van der Waals surface area (Å²) < 4.78 is 41.1. The highest BCUT2D eigenvalue weighted by molar-refractivity contribution is 14.0. The number of benzene rings is 1. The molecule has 1 aromatic carbocycles. The van der Waals surface area contributed by atoms with Crippen LogP contribution in [0, 0.1) is 5.41 Å². The average molecular weight is 570 g/mol. The number of alkyl halides is 3. The summed E-state index contributed by atoms with van der Waals surface area (Å²) in [6.07, 6.45) is -0.483. The Balaban J connectivity index is 0.00000512. The van der Waals surface area contributed by atoms with Crippen LogP contribution in [0.3, 0.4) is 0 Å². The van der Waals surface area contributed by atoms with E-state index in [0.29, 0.717) is 31.2 Å². The topological polar surface area (TPSA) is 66.0 Å². The van der Waals surface area contributed by atoms with E-state index in [4.69, 9.17) is 0 Å². The second-order valence-electron chi connectivity index (χ2n) is 8.16. The first kappa shape index (κ1) is 28.5. The third-order valence-electron chi connectivity index (χ3n) is 5.34. The normalized spacial score (nSPS) is 15.8. The Morgan fingerprint density at radius 2 is 1.72 bits per heavy atom. The fraction of sp³-hybridized carbons (Fsp3) is 0.636. The van der Waals surface area contributed by atoms with E-state index >= 15 is 0 Å². The molecule has 0 saturated heterocycles. The van der Waals surface area contributed by atoms with Crippen molar-refractivity contribution in [2.45, 2.75) is 51.9 Å². The minimum Gasteiger partial charge on any atom is -0.367 e. The van der Waals surface area contributed by atoms with E-state index in [1.807, 2.05) is 19.1 Å². The van der Waals surface area contributed by atoms with Gasteiger partial charge in [0.15, 0.2) is 5.96 Å². The first-order chi connectivity index (χ1) is 14.6. The molecule has 0 spiro atoms. The summed E-state index contributed by atoms with van der Waals surface area (Å²) in [7, 11) is 3.58. The quantitative estimate of drug-likeness (QED) is 0.267. The first-order valence-electron chi connectivity index (χ1n) is 10.6. The molecule has 1 aliphatic carbocycles. The van der Waals surface area contributed by atoms with Crippen LogP contribution in [0.25, 0.3) is 0 Å². The fourth-order valence-corrected chi connectivity index (χ4v) is 3.78. The summed E-state index contributed by atoms with van der Waals surface area (Å²) in [4.78, 5) is 19.0. The number of guanidine groups is 1. The van der Waals surface area contributed by atoms with E-state index < -0.39 is 18.2 Å². The van der Waals surface area contributed by atoms with Crippen LogP contribution in [0.1, 0.15) is 43.7 Å². The van der Waals surface area contributed by atoms with Gasteiger partial charge in [-0.3, -0.25) is 4.79 Å². The highest BCUT2D eigenvalue weighted by Gasteiger charge is 2.42. The Labute approximate surface area is 205 Å². The Morgan fingerprint density at radius 3 is 2.25 bits per heavy atom. The lowest BCUT2D eigenvalue weighted by atomic mass is 9.84. The zero-order valence-electron chi connectivity index (χ0n) is 18.9. The van der Waals surface area contributed by atoms with Crippen molar-refractivity contribution in [2.24, 2.45) is 10.4 Å². The maximum Gasteiger partial charge on any atom is 0.411 e. The van der Waals surface area contributed by atoms with Gasteiger partial charge in [0.1, 0.15) is 6.61 Å². The number of ether oxygens (including phenoxy) is 1. The number of nitrogens with zero attached hydrogens (tertiary/aromatic N) is 2. The molecule has 1 amide bonds. The van der Waals surface area contributed by atoms with Crippen LogP contribution in [0.5, 0.6) is 0 Å². The van der Waals surface area contributed by atoms with E-state index in [0.717, 1.165) is 31.2 Å². The van der Waals surface area contributed by atoms with Gasteiger partial charge >= 0.3 is 6.18 Å². The first-order valence-corrected chi connectivity index (χ1v) is 10.6. The molecule has 1 aromatic rings. The molecule has 0 atom stereocenters. The smallest absolute Gasteiger partial charge is 0.367 e. The predicted octanol–water partition coefficient (Wildman–Crippen LogP) is 4.09. The molecule has 32 heavy (non-hydrogen) atoms. The van der Waals surface area contributed by atoms with Gasteiger partial charge < -0.3 is 20.3 Å². The number of hydrogen-bond acceptors (Lipinski definition) is 3. The molecule has 182 valence electrons. The predicted molar refractivity (Wildman–Crippen MR) is 130 cm³/mol. The highest BCUT2D eigenvalue weighted by atomic mass is 127. The molecule has 1 saturated carbocycles. The van der Waals surface area contributed by atoms with Gasteiger partial charge in [-0.05, 0) is 30.9 Å². The Kier molecular flexibility index (Phi) is 11.8. The number of aliphatic imine (C=N–C) groups is 1. The van der Waals surface area contributed by atoms with Crippen molar-refractivity contribution >= 4 is 35.8 Å². The van der Waals surface area contributed by atoms with Gasteiger partial charge in [-0.15, -0.1) is 24.0 Å². The lowest BCUT2D eigenvalue weighted by Gasteiger charge is -2.31. The van der Waals surface area contributed by atoms with E-state index in [2.05, 4.69) is 20.4 Å². The van der Waals surface area contributed by atoms with Crippen molar-refractivity contribution in [3.8, 4) is 0 Å². The average Bonchev–Trinajstić information content (AvgIpc) is 3.19. The van der Waals surface area contributed by atoms with Crippen LogP contribution in [0.4, 0.5) is 13.2 Å². The van der Waals surface area contributed by atoms with Crippen molar-refractivity contribution in [2.75, 3.05) is 33.8 Å². The fourth-order valence-electron chi connectivity index (χ4n) is 3.78. The molecule has 2 rings (SSSR count). The largest absolute Gasteiger partial charge is 0.411 e. The van der Waals surface area contributed by atoms with Crippen LogP contribution >= 0.6 is 24.0 Å². The highest BCUT2D eigenvalue weighted by Crippen LogP contribution is 2.38. The van der Waals surface area contributed by atoms with Crippen molar-refractivity contribution < 1.29 is 22.7 Å². The third kappa shape index (κ3) is 9.13. The lowest BCUT2D eigenvalue weighted by Crippen LogP contribution is -2.49. The Hall–Kier alpha value is -1.56. The van der Waals surface area contributed by atoms with Crippen molar-refractivity contribution in [1.82, 2.24) is 15.5 Å². The number of halogens is 4. The number of carbonyl (C=O) groups excluding carboxylic acids is 1. The molecule has 0 aliphatic heterocycles. The zero-order chi connectivity index (χ0) is 22.9. The summed E-state index contributed by atoms with van der Waals surface area (Å²) in [5, 5.41) is 6.53. The summed E-state index contributed by atoms with van der Waals surface area (Å²) in [5.41, 5.74) is 1.21. The minimum atomic E-state index is -4.32. The number of rotatable bonds is 9. The van der Waals surface area contributed by atoms with Gasteiger partial charge in [0.05, 0.1) is 18.6 Å². The van der Waals surface area contributed by atoms with Crippen LogP contribution < -0.4 is 10.6 Å². The number of nitrogens with one attached hydrogen (secondary N) is 2. The molecule has 1 aliphatic rings. The van der Waals surface area contributed by atoms with Crippen molar-refractivity contribution in [1.29, 1.82) is 0 Å². The van der Waals surface area contributed by atoms with E-state index in [1.165, 1.54) is 0 Å². The van der Waals surface area contributed by atoms with Gasteiger partial charge in [0.2, 0.25) is 5.91 Å². The van der Waals surface area contributed by atoms with Gasteiger partial charge in [0.25, 0.3) is 0 Å². The second-order valence-corrected chi connectivity index (χ2v) is 8.16. The Bertz CT molecular complexity index is 734. The van der Waals surface area contributed by atoms with Crippen LogP contribution in [0.15, 0.2) is 29.3 Å². The minimum absolute atomic E-state index is 0. The molecule has 1 fully saturated rings. The van der Waals surface area contributed by atoms with Gasteiger partial charge in [-0.2, -0.15) is 13.2 Å². The molecule has 6 nitrogen and oxygen atoms in total. The molecule has 0 bridgehead atoms. The molecule has 2 N–H and O–H groups in total. The standard InChI is InChI=1S/C22H33F3N4O2.HI/c1-4-26-20(28-15-21(11-5-6-12-21)19(30)29(2)3)27-13-17-7-9-18(10-8-17)14-31-16-22(23,24)25;/h7-10H,4-6,11-16H2,1-3H3,(H2,26,27,28);1H. The zero-order valence-corrected chi connectivity index (χ0v) is 21.3. The van der Waals surface area contributed by atoms with Crippen molar-refractivity contribution in [3.63, 3.8) is 0 Å². The number of hydrogen-bond donors (Lipinski definition) is 2. The van der Waals surface area contributed by atoms with E-state index in [1.54, 1.807) is 31.1 Å². The summed E-state index contributed by atoms with van der Waals surface area (Å²) in [6, 6.07) is 7.14. The monoisotopic (exact) mass is 570 g/mol. The van der Waals surface area contributed by atoms with Crippen molar-refractivity contribution in [3.05, 3.63) is 35.4 Å². The van der Waals surface area contributed by atoms with Crippen LogP contribution in [-0.2, 0) is 22.7 Å². The number of amides is 1. The molecular formula is C22H34F3IN4O2. The Morgan fingerprint density at radius 1 is 1.12 bits per heavy atom. The maximum atomic E-state index is 12.7. The molecular weight excluding hydrogens is 536 g/mol. The van der Waals surface area contributed by atoms with E-state index in [9.17, 15) is 18.0 Å². The SMILES string of the molecule is CCNC(=NCc1ccc(COCC(F)(F)F)cc1)NCC1(C(=O)N(C)C)CCCC1.I. The summed E-state index contributed by atoms with van der Waals surface area (Å²) in [5.74, 6) is 0.787. The van der Waals surface area contributed by atoms with Gasteiger partial charge in [-0.1, -0.05) is 37.1 Å². The third-order valence-corrected chi connectivity index (χ3v) is 5.34. The van der Waals surface area contributed by atoms with Gasteiger partial charge in [0, 0.05) is 27.2 Å². The molecule has 0 unspecified atom stereocenters. The molecule has 10 heteroatoms. The summed E-state index contributed by atoms with van der Waals surface area (Å²) >= 11 is 0. The lowest BCUT2D eigenvalue weighted by molar-refractivity contribution is -0.176. The molecule has 0 heterocycles. The van der Waals surface area contributed by atoms with E-state index in [-0.39, 0.29) is 36.5 Å². The molecule has 0 aromatic heterocycles. The second kappa shape index (κ2) is 13.2. The van der Waals surface area contributed by atoms with Gasteiger partial charge in [-0.25, -0.2) is 4.99 Å². The summed E-state index contributed by atoms with van der Waals surface area (Å²) in [6.45, 7) is 2.27. The maximum absolute atomic E-state index is 12.7.